The van der Waals surface area contributed by atoms with Gasteiger partial charge in [-0.3, -0.25) is 9.89 Å². The van der Waals surface area contributed by atoms with Crippen molar-refractivity contribution in [2.75, 3.05) is 44.2 Å². The van der Waals surface area contributed by atoms with E-state index in [1.54, 1.807) is 0 Å². The highest BCUT2D eigenvalue weighted by Crippen LogP contribution is 2.39. The van der Waals surface area contributed by atoms with Crippen molar-refractivity contribution in [1.82, 2.24) is 15.5 Å². The van der Waals surface area contributed by atoms with Gasteiger partial charge in [-0.25, -0.2) is 8.42 Å². The standard InChI is InChI=1S/C20H32N4O3S.HI/c1-4-21-19(22-9-10-24-11-13-28(25,26)14-12-24)23-17-15-20(2,3)27-18-8-6-5-7-16(17)18;/h5-8,17H,4,9-15H2,1-3H3,(H2,21,22,23);1H. The molecule has 1 aromatic carbocycles. The van der Waals surface area contributed by atoms with Gasteiger partial charge in [0.2, 0.25) is 0 Å². The van der Waals surface area contributed by atoms with E-state index in [0.717, 1.165) is 36.8 Å². The van der Waals surface area contributed by atoms with E-state index in [2.05, 4.69) is 42.4 Å². The first kappa shape index (κ1) is 24.2. The van der Waals surface area contributed by atoms with Crippen LogP contribution in [0.1, 0.15) is 38.8 Å². The lowest BCUT2D eigenvalue weighted by atomic mass is 9.90. The molecule has 3 rings (SSSR count). The third kappa shape index (κ3) is 6.99. The van der Waals surface area contributed by atoms with Gasteiger partial charge in [-0.2, -0.15) is 0 Å². The molecule has 9 heteroatoms. The van der Waals surface area contributed by atoms with Crippen molar-refractivity contribution in [3.63, 3.8) is 0 Å². The highest BCUT2D eigenvalue weighted by atomic mass is 127. The Morgan fingerprint density at radius 2 is 1.97 bits per heavy atom. The van der Waals surface area contributed by atoms with Crippen molar-refractivity contribution in [3.8, 4) is 5.75 Å². The molecule has 29 heavy (non-hydrogen) atoms. The summed E-state index contributed by atoms with van der Waals surface area (Å²) in [7, 11) is -2.84. The first-order valence-electron chi connectivity index (χ1n) is 10.0. The van der Waals surface area contributed by atoms with Crippen LogP contribution in [-0.4, -0.2) is 69.1 Å². The van der Waals surface area contributed by atoms with Crippen LogP contribution in [0.4, 0.5) is 0 Å². The van der Waals surface area contributed by atoms with Crippen molar-refractivity contribution < 1.29 is 13.2 Å². The highest BCUT2D eigenvalue weighted by Gasteiger charge is 2.34. The minimum Gasteiger partial charge on any atom is -0.487 e. The van der Waals surface area contributed by atoms with Gasteiger partial charge in [-0.15, -0.1) is 24.0 Å². The number of nitrogens with one attached hydrogen (secondary N) is 2. The fourth-order valence-electron chi connectivity index (χ4n) is 3.69. The summed E-state index contributed by atoms with van der Waals surface area (Å²) in [5.41, 5.74) is 0.900. The van der Waals surface area contributed by atoms with Gasteiger partial charge in [0.25, 0.3) is 0 Å². The highest BCUT2D eigenvalue weighted by molar-refractivity contribution is 14.0. The van der Waals surface area contributed by atoms with Crippen molar-refractivity contribution in [3.05, 3.63) is 29.8 Å². The number of ether oxygens (including phenoxy) is 1. The molecule has 164 valence electrons. The number of halogens is 1. The van der Waals surface area contributed by atoms with E-state index in [4.69, 9.17) is 9.73 Å². The van der Waals surface area contributed by atoms with Crippen molar-refractivity contribution in [2.45, 2.75) is 38.8 Å². The number of hydrogen-bond acceptors (Lipinski definition) is 5. The second-order valence-electron chi connectivity index (χ2n) is 8.05. The Balaban J connectivity index is 0.00000300. The van der Waals surface area contributed by atoms with E-state index in [1.807, 2.05) is 18.2 Å². The van der Waals surface area contributed by atoms with E-state index in [1.165, 1.54) is 0 Å². The van der Waals surface area contributed by atoms with E-state index < -0.39 is 9.84 Å². The second kappa shape index (κ2) is 10.3. The predicted octanol–water partition coefficient (Wildman–Crippen LogP) is 2.19. The Labute approximate surface area is 191 Å². The number of guanidine groups is 1. The SMILES string of the molecule is CCNC(=NCCN1CCS(=O)(=O)CC1)NC1CC(C)(C)Oc2ccccc21.I. The Hall–Kier alpha value is -1.07. The van der Waals surface area contributed by atoms with E-state index >= 15 is 0 Å². The average Bonchev–Trinajstić information content (AvgIpc) is 2.62. The monoisotopic (exact) mass is 536 g/mol. The molecular formula is C20H33IN4O3S. The zero-order valence-corrected chi connectivity index (χ0v) is 20.6. The molecule has 2 aliphatic heterocycles. The summed E-state index contributed by atoms with van der Waals surface area (Å²) in [6.45, 7) is 9.63. The first-order chi connectivity index (χ1) is 13.3. The molecule has 2 aliphatic rings. The molecular weight excluding hydrogens is 503 g/mol. The number of sulfone groups is 1. The largest absolute Gasteiger partial charge is 0.487 e. The Morgan fingerprint density at radius 1 is 1.28 bits per heavy atom. The fourth-order valence-corrected chi connectivity index (χ4v) is 4.97. The van der Waals surface area contributed by atoms with Gasteiger partial charge >= 0.3 is 0 Å². The molecule has 0 bridgehead atoms. The lowest BCUT2D eigenvalue weighted by Gasteiger charge is -2.38. The van der Waals surface area contributed by atoms with Gasteiger partial charge in [-0.1, -0.05) is 18.2 Å². The predicted molar refractivity (Wildman–Crippen MR) is 128 cm³/mol. The smallest absolute Gasteiger partial charge is 0.191 e. The maximum Gasteiger partial charge on any atom is 0.191 e. The van der Waals surface area contributed by atoms with Crippen molar-refractivity contribution in [1.29, 1.82) is 0 Å². The van der Waals surface area contributed by atoms with Crippen molar-refractivity contribution >= 4 is 39.8 Å². The van der Waals surface area contributed by atoms with Crippen LogP contribution in [0.5, 0.6) is 5.75 Å². The Morgan fingerprint density at radius 3 is 2.66 bits per heavy atom. The number of fused-ring (bicyclic) bond motifs is 1. The molecule has 2 heterocycles. The number of benzene rings is 1. The lowest BCUT2D eigenvalue weighted by molar-refractivity contribution is 0.0694. The summed E-state index contributed by atoms with van der Waals surface area (Å²) in [6, 6.07) is 8.26. The molecule has 1 unspecified atom stereocenters. The third-order valence-electron chi connectivity index (χ3n) is 5.15. The molecule has 7 nitrogen and oxygen atoms in total. The molecule has 0 spiro atoms. The summed E-state index contributed by atoms with van der Waals surface area (Å²) in [5.74, 6) is 2.21. The van der Waals surface area contributed by atoms with Crippen LogP contribution < -0.4 is 15.4 Å². The number of hydrogen-bond donors (Lipinski definition) is 2. The number of para-hydroxylation sites is 1. The molecule has 1 atom stereocenters. The Bertz CT molecular complexity index is 800. The summed E-state index contributed by atoms with van der Waals surface area (Å²) < 4.78 is 29.2. The first-order valence-corrected chi connectivity index (χ1v) is 11.9. The normalized spacial score (nSPS) is 23.3. The molecule has 0 saturated carbocycles. The number of aliphatic imine (C=N–C) groups is 1. The molecule has 0 aliphatic carbocycles. The van der Waals surface area contributed by atoms with Gasteiger partial charge < -0.3 is 15.4 Å². The zero-order chi connectivity index (χ0) is 20.2. The third-order valence-corrected chi connectivity index (χ3v) is 6.76. The molecule has 1 saturated heterocycles. The zero-order valence-electron chi connectivity index (χ0n) is 17.5. The van der Waals surface area contributed by atoms with Crippen LogP contribution in [-0.2, 0) is 9.84 Å². The topological polar surface area (TPSA) is 83.0 Å². The van der Waals surface area contributed by atoms with Crippen LogP contribution >= 0.6 is 24.0 Å². The maximum atomic E-state index is 11.6. The van der Waals surface area contributed by atoms with Crippen molar-refractivity contribution in [2.24, 2.45) is 4.99 Å². The quantitative estimate of drug-likeness (QED) is 0.341. The molecule has 1 fully saturated rings. The molecule has 1 aromatic rings. The number of rotatable bonds is 5. The van der Waals surface area contributed by atoms with Gasteiger partial charge in [0, 0.05) is 38.2 Å². The molecule has 0 aromatic heterocycles. The number of nitrogens with zero attached hydrogens (tertiary/aromatic N) is 2. The van der Waals surface area contributed by atoms with Gasteiger partial charge in [0.05, 0.1) is 24.1 Å². The minimum atomic E-state index is -2.84. The molecule has 0 amide bonds. The van der Waals surface area contributed by atoms with Gasteiger partial charge in [0.1, 0.15) is 11.4 Å². The van der Waals surface area contributed by atoms with Crippen LogP contribution in [0.2, 0.25) is 0 Å². The second-order valence-corrected chi connectivity index (χ2v) is 10.4. The van der Waals surface area contributed by atoms with E-state index in [9.17, 15) is 8.42 Å². The van der Waals surface area contributed by atoms with Gasteiger partial charge in [-0.05, 0) is 26.8 Å². The fraction of sp³-hybridized carbons (Fsp3) is 0.650. The summed E-state index contributed by atoms with van der Waals surface area (Å²) in [5, 5.41) is 6.89. The maximum absolute atomic E-state index is 11.6. The van der Waals surface area contributed by atoms with E-state index in [0.29, 0.717) is 19.6 Å². The summed E-state index contributed by atoms with van der Waals surface area (Å²) >= 11 is 0. The summed E-state index contributed by atoms with van der Waals surface area (Å²) in [4.78, 5) is 6.89. The minimum absolute atomic E-state index is 0. The van der Waals surface area contributed by atoms with Crippen LogP contribution in [0.25, 0.3) is 0 Å². The molecule has 2 N–H and O–H groups in total. The van der Waals surface area contributed by atoms with Crippen LogP contribution in [0, 0.1) is 0 Å². The van der Waals surface area contributed by atoms with Crippen LogP contribution in [0.3, 0.4) is 0 Å². The Kier molecular flexibility index (Phi) is 8.59. The van der Waals surface area contributed by atoms with Gasteiger partial charge in [0.15, 0.2) is 15.8 Å². The molecule has 0 radical (unpaired) electrons. The van der Waals surface area contributed by atoms with E-state index in [-0.39, 0.29) is 47.1 Å². The lowest BCUT2D eigenvalue weighted by Crippen LogP contribution is -2.46. The van der Waals surface area contributed by atoms with Crippen LogP contribution in [0.15, 0.2) is 29.3 Å². The average molecular weight is 536 g/mol. The summed E-state index contributed by atoms with van der Waals surface area (Å²) in [6.07, 6.45) is 0.846.